The Morgan fingerprint density at radius 2 is 2.31 bits per heavy atom. The predicted molar refractivity (Wildman–Crippen MR) is 62.9 cm³/mol. The second-order valence-electron chi connectivity index (χ2n) is 3.88. The fourth-order valence-corrected chi connectivity index (χ4v) is 1.55. The highest BCUT2D eigenvalue weighted by atomic mass is 16.3. The van der Waals surface area contributed by atoms with Gasteiger partial charge in [0.05, 0.1) is 12.7 Å². The molecule has 4 nitrogen and oxygen atoms in total. The van der Waals surface area contributed by atoms with Gasteiger partial charge < -0.3 is 10.2 Å². The average molecular weight is 224 g/mol. The van der Waals surface area contributed by atoms with Crippen LogP contribution in [0.2, 0.25) is 0 Å². The van der Waals surface area contributed by atoms with Crippen LogP contribution >= 0.6 is 0 Å². The summed E-state index contributed by atoms with van der Waals surface area (Å²) in [6, 6.07) is 3.89. The van der Waals surface area contributed by atoms with Gasteiger partial charge >= 0.3 is 0 Å². The van der Waals surface area contributed by atoms with Gasteiger partial charge in [-0.25, -0.2) is 0 Å². The lowest BCUT2D eigenvalue weighted by atomic mass is 10.2. The summed E-state index contributed by atoms with van der Waals surface area (Å²) >= 11 is 0. The van der Waals surface area contributed by atoms with Gasteiger partial charge in [-0.05, 0) is 18.1 Å². The third kappa shape index (κ3) is 4.70. The van der Waals surface area contributed by atoms with Crippen molar-refractivity contribution in [2.24, 2.45) is 0 Å². The molecule has 2 N–H and O–H groups in total. The summed E-state index contributed by atoms with van der Waals surface area (Å²) in [4.78, 5) is 6.08. The summed E-state index contributed by atoms with van der Waals surface area (Å²) in [5, 5.41) is 18.6. The summed E-state index contributed by atoms with van der Waals surface area (Å²) in [6.45, 7) is 3.94. The summed E-state index contributed by atoms with van der Waals surface area (Å²) in [6.07, 6.45) is 3.95. The van der Waals surface area contributed by atoms with Crippen molar-refractivity contribution in [3.63, 3.8) is 0 Å². The Morgan fingerprint density at radius 3 is 2.88 bits per heavy atom. The zero-order valence-electron chi connectivity index (χ0n) is 9.71. The lowest BCUT2D eigenvalue weighted by molar-refractivity contribution is 0.0930. The Balaban J connectivity index is 2.50. The van der Waals surface area contributed by atoms with Crippen LogP contribution in [0, 0.1) is 0 Å². The van der Waals surface area contributed by atoms with Gasteiger partial charge in [-0.15, -0.1) is 0 Å². The molecule has 1 atom stereocenters. The van der Waals surface area contributed by atoms with E-state index in [1.54, 1.807) is 6.20 Å². The van der Waals surface area contributed by atoms with E-state index in [1.807, 2.05) is 30.2 Å². The fourth-order valence-electron chi connectivity index (χ4n) is 1.55. The standard InChI is InChI=1S/C12H20N2O2/c1-2-12(16)10-14(6-7-15)9-11-4-3-5-13-8-11/h3-5,8,12,15-16H,2,6-7,9-10H2,1H3/t12-/m1/s1. The minimum absolute atomic E-state index is 0.108. The minimum atomic E-state index is -0.330. The highest BCUT2D eigenvalue weighted by Gasteiger charge is 2.10. The Labute approximate surface area is 96.6 Å². The van der Waals surface area contributed by atoms with Crippen molar-refractivity contribution in [3.05, 3.63) is 30.1 Å². The van der Waals surface area contributed by atoms with E-state index >= 15 is 0 Å². The number of rotatable bonds is 7. The smallest absolute Gasteiger partial charge is 0.0664 e. The maximum Gasteiger partial charge on any atom is 0.0664 e. The lowest BCUT2D eigenvalue weighted by Gasteiger charge is -2.23. The number of hydrogen-bond donors (Lipinski definition) is 2. The van der Waals surface area contributed by atoms with Crippen LogP contribution in [0.3, 0.4) is 0 Å². The largest absolute Gasteiger partial charge is 0.395 e. The van der Waals surface area contributed by atoms with Gasteiger partial charge in [0.2, 0.25) is 0 Å². The molecule has 0 saturated carbocycles. The van der Waals surface area contributed by atoms with Crippen LogP contribution in [-0.2, 0) is 6.54 Å². The van der Waals surface area contributed by atoms with Crippen LogP contribution in [0.5, 0.6) is 0 Å². The number of aliphatic hydroxyl groups excluding tert-OH is 2. The van der Waals surface area contributed by atoms with Crippen molar-refractivity contribution in [1.29, 1.82) is 0 Å². The average Bonchev–Trinajstić information content (AvgIpc) is 2.30. The molecule has 0 amide bonds. The van der Waals surface area contributed by atoms with Crippen molar-refractivity contribution >= 4 is 0 Å². The predicted octanol–water partition coefficient (Wildman–Crippen LogP) is 0.647. The van der Waals surface area contributed by atoms with E-state index in [0.29, 0.717) is 19.6 Å². The van der Waals surface area contributed by atoms with Crippen LogP contribution in [-0.4, -0.2) is 45.9 Å². The number of pyridine rings is 1. The summed E-state index contributed by atoms with van der Waals surface area (Å²) in [5.41, 5.74) is 1.10. The molecule has 0 saturated heterocycles. The Morgan fingerprint density at radius 1 is 1.50 bits per heavy atom. The lowest BCUT2D eigenvalue weighted by Crippen LogP contribution is -2.33. The van der Waals surface area contributed by atoms with E-state index in [-0.39, 0.29) is 12.7 Å². The highest BCUT2D eigenvalue weighted by Crippen LogP contribution is 2.04. The monoisotopic (exact) mass is 224 g/mol. The first-order chi connectivity index (χ1) is 7.76. The zero-order valence-corrected chi connectivity index (χ0v) is 9.71. The normalized spacial score (nSPS) is 13.0. The Kier molecular flexibility index (Phi) is 6.00. The van der Waals surface area contributed by atoms with Crippen molar-refractivity contribution in [1.82, 2.24) is 9.88 Å². The van der Waals surface area contributed by atoms with Gasteiger partial charge in [0.1, 0.15) is 0 Å². The molecule has 90 valence electrons. The number of nitrogens with zero attached hydrogens (tertiary/aromatic N) is 2. The molecule has 0 aromatic carbocycles. The van der Waals surface area contributed by atoms with Crippen LogP contribution in [0.15, 0.2) is 24.5 Å². The Hall–Kier alpha value is -0.970. The summed E-state index contributed by atoms with van der Waals surface area (Å²) in [7, 11) is 0. The molecular weight excluding hydrogens is 204 g/mol. The molecule has 1 heterocycles. The van der Waals surface area contributed by atoms with E-state index < -0.39 is 0 Å². The molecular formula is C12H20N2O2. The van der Waals surface area contributed by atoms with Crippen LogP contribution in [0.25, 0.3) is 0 Å². The minimum Gasteiger partial charge on any atom is -0.395 e. The molecule has 1 aromatic heterocycles. The van der Waals surface area contributed by atoms with E-state index in [9.17, 15) is 5.11 Å². The van der Waals surface area contributed by atoms with Gasteiger partial charge in [0.25, 0.3) is 0 Å². The first kappa shape index (κ1) is 13.1. The van der Waals surface area contributed by atoms with E-state index in [0.717, 1.165) is 12.0 Å². The molecule has 0 radical (unpaired) electrons. The first-order valence-corrected chi connectivity index (χ1v) is 5.66. The molecule has 0 aliphatic heterocycles. The zero-order chi connectivity index (χ0) is 11.8. The third-order valence-electron chi connectivity index (χ3n) is 2.49. The van der Waals surface area contributed by atoms with Crippen molar-refractivity contribution in [2.45, 2.75) is 26.0 Å². The molecule has 1 rings (SSSR count). The van der Waals surface area contributed by atoms with Gasteiger partial charge in [0, 0.05) is 32.0 Å². The SMILES string of the molecule is CC[C@@H](O)CN(CCO)Cc1cccnc1. The van der Waals surface area contributed by atoms with E-state index in [4.69, 9.17) is 5.11 Å². The quantitative estimate of drug-likeness (QED) is 0.714. The first-order valence-electron chi connectivity index (χ1n) is 5.66. The molecule has 16 heavy (non-hydrogen) atoms. The summed E-state index contributed by atoms with van der Waals surface area (Å²) in [5.74, 6) is 0. The molecule has 0 unspecified atom stereocenters. The van der Waals surface area contributed by atoms with E-state index in [2.05, 4.69) is 4.98 Å². The molecule has 0 spiro atoms. The van der Waals surface area contributed by atoms with Crippen molar-refractivity contribution in [3.8, 4) is 0 Å². The Bertz CT molecular complexity index is 280. The maximum absolute atomic E-state index is 9.59. The fraction of sp³-hybridized carbons (Fsp3) is 0.583. The molecule has 0 fully saturated rings. The van der Waals surface area contributed by atoms with Crippen molar-refractivity contribution < 1.29 is 10.2 Å². The van der Waals surface area contributed by atoms with Gasteiger partial charge in [0.15, 0.2) is 0 Å². The summed E-state index contributed by atoms with van der Waals surface area (Å²) < 4.78 is 0. The molecule has 0 bridgehead atoms. The van der Waals surface area contributed by atoms with Gasteiger partial charge in [-0.2, -0.15) is 0 Å². The highest BCUT2D eigenvalue weighted by molar-refractivity contribution is 5.08. The van der Waals surface area contributed by atoms with Crippen molar-refractivity contribution in [2.75, 3.05) is 19.7 Å². The number of aliphatic hydroxyl groups is 2. The van der Waals surface area contributed by atoms with Gasteiger partial charge in [-0.1, -0.05) is 13.0 Å². The second kappa shape index (κ2) is 7.33. The van der Waals surface area contributed by atoms with Crippen LogP contribution < -0.4 is 0 Å². The molecule has 1 aromatic rings. The topological polar surface area (TPSA) is 56.6 Å². The molecule has 0 aliphatic rings. The second-order valence-corrected chi connectivity index (χ2v) is 3.88. The van der Waals surface area contributed by atoms with Crippen LogP contribution in [0.1, 0.15) is 18.9 Å². The van der Waals surface area contributed by atoms with E-state index in [1.165, 1.54) is 0 Å². The number of aromatic nitrogens is 1. The maximum atomic E-state index is 9.59. The van der Waals surface area contributed by atoms with Crippen LogP contribution in [0.4, 0.5) is 0 Å². The van der Waals surface area contributed by atoms with Gasteiger partial charge in [-0.3, -0.25) is 9.88 Å². The number of hydrogen-bond acceptors (Lipinski definition) is 4. The molecule has 4 heteroatoms. The third-order valence-corrected chi connectivity index (χ3v) is 2.49. The molecule has 0 aliphatic carbocycles.